The predicted molar refractivity (Wildman–Crippen MR) is 76.1 cm³/mol. The van der Waals surface area contributed by atoms with E-state index in [9.17, 15) is 0 Å². The van der Waals surface area contributed by atoms with Crippen LogP contribution < -0.4 is 4.74 Å². The quantitative estimate of drug-likeness (QED) is 0.540. The van der Waals surface area contributed by atoms with Crippen molar-refractivity contribution in [3.8, 4) is 5.75 Å². The molecule has 1 aromatic carbocycles. The SMILES string of the molecule is CCCCOCCCCCCOc1ccccc1. The third kappa shape index (κ3) is 8.13. The molecule has 0 fully saturated rings. The first kappa shape index (κ1) is 15.0. The van der Waals surface area contributed by atoms with Gasteiger partial charge >= 0.3 is 0 Å². The van der Waals surface area contributed by atoms with Gasteiger partial charge in [0, 0.05) is 13.2 Å². The Morgan fingerprint density at radius 1 is 0.778 bits per heavy atom. The molecule has 1 rings (SSSR count). The van der Waals surface area contributed by atoms with E-state index in [1.54, 1.807) is 0 Å². The fraction of sp³-hybridized carbons (Fsp3) is 0.625. The van der Waals surface area contributed by atoms with Crippen LogP contribution in [0.5, 0.6) is 5.75 Å². The molecular formula is C16H26O2. The fourth-order valence-electron chi connectivity index (χ4n) is 1.71. The summed E-state index contributed by atoms with van der Waals surface area (Å²) in [5.74, 6) is 0.973. The molecule has 102 valence electrons. The van der Waals surface area contributed by atoms with Crippen LogP contribution in [0.15, 0.2) is 30.3 Å². The van der Waals surface area contributed by atoms with Gasteiger partial charge in [0.05, 0.1) is 6.61 Å². The van der Waals surface area contributed by atoms with E-state index in [2.05, 4.69) is 6.92 Å². The molecule has 0 unspecified atom stereocenters. The molecule has 0 saturated carbocycles. The van der Waals surface area contributed by atoms with Crippen molar-refractivity contribution >= 4 is 0 Å². The lowest BCUT2D eigenvalue weighted by molar-refractivity contribution is 0.126. The van der Waals surface area contributed by atoms with Crippen molar-refractivity contribution in [2.75, 3.05) is 19.8 Å². The summed E-state index contributed by atoms with van der Waals surface area (Å²) in [6.07, 6.45) is 7.18. The lowest BCUT2D eigenvalue weighted by Gasteiger charge is -2.06. The summed E-state index contributed by atoms with van der Waals surface area (Å²) in [6.45, 7) is 4.85. The molecule has 0 bridgehead atoms. The van der Waals surface area contributed by atoms with Crippen LogP contribution in [0.2, 0.25) is 0 Å². The van der Waals surface area contributed by atoms with Crippen molar-refractivity contribution in [3.05, 3.63) is 30.3 Å². The van der Waals surface area contributed by atoms with Gasteiger partial charge in [-0.15, -0.1) is 0 Å². The second-order valence-electron chi connectivity index (χ2n) is 4.54. The molecule has 0 radical (unpaired) electrons. The van der Waals surface area contributed by atoms with Crippen molar-refractivity contribution < 1.29 is 9.47 Å². The lowest BCUT2D eigenvalue weighted by atomic mass is 10.2. The first-order chi connectivity index (χ1) is 8.93. The Hall–Kier alpha value is -1.02. The summed E-state index contributed by atoms with van der Waals surface area (Å²) in [7, 11) is 0. The summed E-state index contributed by atoms with van der Waals surface area (Å²) in [6, 6.07) is 10.0. The minimum Gasteiger partial charge on any atom is -0.494 e. The largest absolute Gasteiger partial charge is 0.494 e. The Morgan fingerprint density at radius 2 is 1.44 bits per heavy atom. The number of benzene rings is 1. The molecule has 0 aliphatic rings. The number of hydrogen-bond acceptors (Lipinski definition) is 2. The van der Waals surface area contributed by atoms with Gasteiger partial charge in [0.1, 0.15) is 5.75 Å². The molecule has 0 spiro atoms. The van der Waals surface area contributed by atoms with Gasteiger partial charge in [0.25, 0.3) is 0 Å². The predicted octanol–water partition coefficient (Wildman–Crippen LogP) is 4.44. The normalized spacial score (nSPS) is 10.5. The van der Waals surface area contributed by atoms with Gasteiger partial charge < -0.3 is 9.47 Å². The van der Waals surface area contributed by atoms with Crippen molar-refractivity contribution in [1.29, 1.82) is 0 Å². The minimum absolute atomic E-state index is 0.820. The molecule has 0 saturated heterocycles. The summed E-state index contributed by atoms with van der Waals surface area (Å²) < 4.78 is 11.2. The highest BCUT2D eigenvalue weighted by molar-refractivity contribution is 5.20. The van der Waals surface area contributed by atoms with Crippen molar-refractivity contribution in [2.24, 2.45) is 0 Å². The number of hydrogen-bond donors (Lipinski definition) is 0. The smallest absolute Gasteiger partial charge is 0.119 e. The molecule has 2 nitrogen and oxygen atoms in total. The third-order valence-corrected chi connectivity index (χ3v) is 2.84. The van der Waals surface area contributed by atoms with Gasteiger partial charge in [0.15, 0.2) is 0 Å². The van der Waals surface area contributed by atoms with Crippen LogP contribution in [0.25, 0.3) is 0 Å². The maximum atomic E-state index is 5.63. The van der Waals surface area contributed by atoms with Crippen LogP contribution in [0.1, 0.15) is 45.4 Å². The zero-order valence-corrected chi connectivity index (χ0v) is 11.6. The summed E-state index contributed by atoms with van der Waals surface area (Å²) in [4.78, 5) is 0. The molecule has 0 aliphatic carbocycles. The molecule has 1 aromatic rings. The van der Waals surface area contributed by atoms with Crippen LogP contribution in [-0.2, 0) is 4.74 Å². The Kier molecular flexibility index (Phi) is 9.27. The Balaban J connectivity index is 1.82. The Bertz CT molecular complexity index is 272. The summed E-state index contributed by atoms with van der Waals surface area (Å²) in [5, 5.41) is 0. The Labute approximate surface area is 111 Å². The molecular weight excluding hydrogens is 224 g/mol. The standard InChI is InChI=1S/C16H26O2/c1-2-3-13-17-14-9-4-5-10-15-18-16-11-7-6-8-12-16/h6-8,11-12H,2-5,9-10,13-15H2,1H3. The van der Waals surface area contributed by atoms with E-state index in [-0.39, 0.29) is 0 Å². The van der Waals surface area contributed by atoms with E-state index in [0.29, 0.717) is 0 Å². The van der Waals surface area contributed by atoms with Crippen molar-refractivity contribution in [2.45, 2.75) is 45.4 Å². The van der Waals surface area contributed by atoms with E-state index in [1.807, 2.05) is 30.3 Å². The Morgan fingerprint density at radius 3 is 2.17 bits per heavy atom. The van der Waals surface area contributed by atoms with Gasteiger partial charge in [-0.1, -0.05) is 38.0 Å². The van der Waals surface area contributed by atoms with Gasteiger partial charge in [-0.2, -0.15) is 0 Å². The first-order valence-corrected chi connectivity index (χ1v) is 7.19. The highest BCUT2D eigenvalue weighted by atomic mass is 16.5. The molecule has 0 atom stereocenters. The third-order valence-electron chi connectivity index (χ3n) is 2.84. The summed E-state index contributed by atoms with van der Waals surface area (Å²) >= 11 is 0. The van der Waals surface area contributed by atoms with Gasteiger partial charge in [0.2, 0.25) is 0 Å². The van der Waals surface area contributed by atoms with Crippen LogP contribution in [-0.4, -0.2) is 19.8 Å². The highest BCUT2D eigenvalue weighted by Gasteiger charge is 1.93. The van der Waals surface area contributed by atoms with E-state index in [1.165, 1.54) is 32.1 Å². The van der Waals surface area contributed by atoms with E-state index in [0.717, 1.165) is 32.0 Å². The van der Waals surface area contributed by atoms with Crippen LogP contribution in [0, 0.1) is 0 Å². The topological polar surface area (TPSA) is 18.5 Å². The molecule has 0 aliphatic heterocycles. The van der Waals surface area contributed by atoms with Crippen LogP contribution >= 0.6 is 0 Å². The van der Waals surface area contributed by atoms with Gasteiger partial charge in [-0.25, -0.2) is 0 Å². The molecule has 2 heteroatoms. The molecule has 0 aromatic heterocycles. The van der Waals surface area contributed by atoms with Crippen LogP contribution in [0.4, 0.5) is 0 Å². The molecule has 0 amide bonds. The van der Waals surface area contributed by atoms with Crippen molar-refractivity contribution in [1.82, 2.24) is 0 Å². The maximum Gasteiger partial charge on any atom is 0.119 e. The molecule has 0 N–H and O–H groups in total. The van der Waals surface area contributed by atoms with E-state index in [4.69, 9.17) is 9.47 Å². The first-order valence-electron chi connectivity index (χ1n) is 7.19. The zero-order chi connectivity index (χ0) is 12.9. The van der Waals surface area contributed by atoms with Gasteiger partial charge in [-0.05, 0) is 37.8 Å². The van der Waals surface area contributed by atoms with E-state index < -0.39 is 0 Å². The van der Waals surface area contributed by atoms with Crippen molar-refractivity contribution in [3.63, 3.8) is 0 Å². The summed E-state index contributed by atoms with van der Waals surface area (Å²) in [5.41, 5.74) is 0. The monoisotopic (exact) mass is 250 g/mol. The molecule has 0 heterocycles. The number of para-hydroxylation sites is 1. The lowest BCUT2D eigenvalue weighted by Crippen LogP contribution is -1.99. The second-order valence-corrected chi connectivity index (χ2v) is 4.54. The number of ether oxygens (including phenoxy) is 2. The number of rotatable bonds is 11. The molecule has 18 heavy (non-hydrogen) atoms. The maximum absolute atomic E-state index is 5.63. The average Bonchev–Trinajstić information content (AvgIpc) is 2.42. The number of unbranched alkanes of at least 4 members (excludes halogenated alkanes) is 4. The average molecular weight is 250 g/mol. The van der Waals surface area contributed by atoms with E-state index >= 15 is 0 Å². The van der Waals surface area contributed by atoms with Crippen LogP contribution in [0.3, 0.4) is 0 Å². The zero-order valence-electron chi connectivity index (χ0n) is 11.6. The highest BCUT2D eigenvalue weighted by Crippen LogP contribution is 2.09. The van der Waals surface area contributed by atoms with Gasteiger partial charge in [-0.3, -0.25) is 0 Å². The second kappa shape index (κ2) is 11.1. The fourth-order valence-corrected chi connectivity index (χ4v) is 1.71. The minimum atomic E-state index is 0.820.